The maximum atomic E-state index is 6.00. The molecular formula is C9H8ClN2. The quantitative estimate of drug-likeness (QED) is 0.658. The largest absolute Gasteiger partial charge is 0.320 e. The first kappa shape index (κ1) is 7.62. The molecule has 3 heteroatoms. The van der Waals surface area contributed by atoms with Crippen molar-refractivity contribution in [2.24, 2.45) is 0 Å². The van der Waals surface area contributed by atoms with Gasteiger partial charge in [-0.1, -0.05) is 17.7 Å². The minimum absolute atomic E-state index is 0.739. The Bertz CT molecular complexity index is 406. The lowest BCUT2D eigenvalue weighted by Gasteiger charge is -1.98. The summed E-state index contributed by atoms with van der Waals surface area (Å²) in [6.45, 7) is 2.89. The maximum absolute atomic E-state index is 6.00. The van der Waals surface area contributed by atoms with E-state index in [-0.39, 0.29) is 0 Å². The summed E-state index contributed by atoms with van der Waals surface area (Å²) in [5, 5.41) is 0.739. The van der Waals surface area contributed by atoms with Crippen LogP contribution in [0.5, 0.6) is 0 Å². The number of aromatic nitrogens is 2. The molecule has 1 heterocycles. The van der Waals surface area contributed by atoms with Crippen molar-refractivity contribution in [1.29, 1.82) is 0 Å². The van der Waals surface area contributed by atoms with Gasteiger partial charge in [-0.25, -0.2) is 4.98 Å². The van der Waals surface area contributed by atoms with E-state index in [1.807, 2.05) is 29.7 Å². The highest BCUT2D eigenvalue weighted by Gasteiger charge is 2.04. The number of fused-ring (bicyclic) bond motifs is 1. The highest BCUT2D eigenvalue weighted by Crippen LogP contribution is 2.21. The van der Waals surface area contributed by atoms with Gasteiger partial charge in [0, 0.05) is 6.54 Å². The topological polar surface area (TPSA) is 17.8 Å². The SMILES string of the molecule is CCn1[c]nc2cccc(Cl)c21. The Kier molecular flexibility index (Phi) is 1.77. The lowest BCUT2D eigenvalue weighted by Crippen LogP contribution is -1.91. The molecule has 0 saturated heterocycles. The molecule has 0 unspecified atom stereocenters. The van der Waals surface area contributed by atoms with Crippen LogP contribution >= 0.6 is 11.6 Å². The van der Waals surface area contributed by atoms with Gasteiger partial charge in [-0.05, 0) is 19.1 Å². The first-order valence-electron chi connectivity index (χ1n) is 3.85. The van der Waals surface area contributed by atoms with Gasteiger partial charge in [0.2, 0.25) is 0 Å². The molecule has 0 aliphatic carbocycles. The first-order chi connectivity index (χ1) is 5.83. The third-order valence-corrected chi connectivity index (χ3v) is 2.15. The second-order valence-corrected chi connectivity index (χ2v) is 2.97. The van der Waals surface area contributed by atoms with E-state index in [0.717, 1.165) is 22.6 Å². The Hall–Kier alpha value is -1.02. The second-order valence-electron chi connectivity index (χ2n) is 2.56. The summed E-state index contributed by atoms with van der Waals surface area (Å²) in [7, 11) is 0. The highest BCUT2D eigenvalue weighted by molar-refractivity contribution is 6.34. The van der Waals surface area contributed by atoms with Gasteiger partial charge in [-0.15, -0.1) is 0 Å². The molecule has 61 valence electrons. The zero-order valence-electron chi connectivity index (χ0n) is 6.71. The van der Waals surface area contributed by atoms with Crippen molar-refractivity contribution in [1.82, 2.24) is 9.55 Å². The average molecular weight is 180 g/mol. The summed E-state index contributed by atoms with van der Waals surface area (Å²) in [6, 6.07) is 5.70. The average Bonchev–Trinajstić information content (AvgIpc) is 2.49. The first-order valence-corrected chi connectivity index (χ1v) is 4.23. The van der Waals surface area contributed by atoms with Gasteiger partial charge in [0.15, 0.2) is 6.33 Å². The van der Waals surface area contributed by atoms with Crippen LogP contribution in [0.3, 0.4) is 0 Å². The van der Waals surface area contributed by atoms with Gasteiger partial charge >= 0.3 is 0 Å². The number of para-hydroxylation sites is 1. The Morgan fingerprint density at radius 3 is 3.17 bits per heavy atom. The summed E-state index contributed by atoms with van der Waals surface area (Å²) < 4.78 is 1.91. The number of halogens is 1. The van der Waals surface area contributed by atoms with Crippen LogP contribution in [0.25, 0.3) is 11.0 Å². The van der Waals surface area contributed by atoms with Gasteiger partial charge in [-0.3, -0.25) is 0 Å². The van der Waals surface area contributed by atoms with Crippen molar-refractivity contribution in [3.05, 3.63) is 29.5 Å². The molecule has 2 aromatic rings. The molecule has 0 saturated carbocycles. The van der Waals surface area contributed by atoms with Crippen LogP contribution < -0.4 is 0 Å². The summed E-state index contributed by atoms with van der Waals surface area (Å²) in [5.41, 5.74) is 1.88. The summed E-state index contributed by atoms with van der Waals surface area (Å²) in [5.74, 6) is 0. The van der Waals surface area contributed by atoms with Crippen molar-refractivity contribution in [3.63, 3.8) is 0 Å². The lowest BCUT2D eigenvalue weighted by molar-refractivity contribution is 0.780. The fraction of sp³-hybridized carbons (Fsp3) is 0.222. The molecule has 0 aliphatic rings. The highest BCUT2D eigenvalue weighted by atomic mass is 35.5. The van der Waals surface area contributed by atoms with E-state index in [1.54, 1.807) is 0 Å². The molecular weight excluding hydrogens is 172 g/mol. The van der Waals surface area contributed by atoms with E-state index in [2.05, 4.69) is 11.3 Å². The Morgan fingerprint density at radius 2 is 2.42 bits per heavy atom. The summed E-state index contributed by atoms with van der Waals surface area (Å²) >= 11 is 6.00. The van der Waals surface area contributed by atoms with Crippen LogP contribution in [-0.4, -0.2) is 9.55 Å². The van der Waals surface area contributed by atoms with Crippen molar-refractivity contribution in [2.45, 2.75) is 13.5 Å². The molecule has 0 spiro atoms. The monoisotopic (exact) mass is 179 g/mol. The van der Waals surface area contributed by atoms with Crippen LogP contribution in [0, 0.1) is 6.33 Å². The van der Waals surface area contributed by atoms with E-state index >= 15 is 0 Å². The molecule has 12 heavy (non-hydrogen) atoms. The van der Waals surface area contributed by atoms with E-state index in [0.29, 0.717) is 0 Å². The molecule has 0 fully saturated rings. The minimum atomic E-state index is 0.739. The Balaban J connectivity index is 2.83. The number of benzene rings is 1. The van der Waals surface area contributed by atoms with Crippen molar-refractivity contribution in [2.75, 3.05) is 0 Å². The summed E-state index contributed by atoms with van der Waals surface area (Å²) in [6.07, 6.45) is 2.89. The van der Waals surface area contributed by atoms with E-state index in [9.17, 15) is 0 Å². The predicted octanol–water partition coefficient (Wildman–Crippen LogP) is 2.51. The second kappa shape index (κ2) is 2.79. The number of rotatable bonds is 1. The number of nitrogens with zero attached hydrogens (tertiary/aromatic N) is 2. The zero-order chi connectivity index (χ0) is 8.55. The van der Waals surface area contributed by atoms with Crippen LogP contribution in [0.1, 0.15) is 6.92 Å². The smallest absolute Gasteiger partial charge is 0.177 e. The van der Waals surface area contributed by atoms with Crippen LogP contribution in [0.4, 0.5) is 0 Å². The molecule has 0 bridgehead atoms. The molecule has 1 aromatic heterocycles. The minimum Gasteiger partial charge on any atom is -0.320 e. The fourth-order valence-corrected chi connectivity index (χ4v) is 1.53. The standard InChI is InChI=1S/C9H8ClN2/c1-2-12-6-11-8-5-3-4-7(10)9(8)12/h3-5H,2H2,1H3. The van der Waals surface area contributed by atoms with Gasteiger partial charge in [0.1, 0.15) is 0 Å². The molecule has 1 aromatic carbocycles. The van der Waals surface area contributed by atoms with Gasteiger partial charge in [0.25, 0.3) is 0 Å². The van der Waals surface area contributed by atoms with Gasteiger partial charge < -0.3 is 4.57 Å². The third kappa shape index (κ3) is 0.994. The molecule has 0 amide bonds. The van der Waals surface area contributed by atoms with Crippen molar-refractivity contribution < 1.29 is 0 Å². The zero-order valence-corrected chi connectivity index (χ0v) is 7.47. The molecule has 2 rings (SSSR count). The predicted molar refractivity (Wildman–Crippen MR) is 49.3 cm³/mol. The van der Waals surface area contributed by atoms with E-state index < -0.39 is 0 Å². The Labute approximate surface area is 75.8 Å². The molecule has 0 atom stereocenters. The molecule has 1 radical (unpaired) electrons. The van der Waals surface area contributed by atoms with Crippen LogP contribution in [0.2, 0.25) is 5.02 Å². The number of hydrogen-bond donors (Lipinski definition) is 0. The number of aryl methyl sites for hydroxylation is 1. The van der Waals surface area contributed by atoms with E-state index in [4.69, 9.17) is 11.6 Å². The number of imidazole rings is 1. The van der Waals surface area contributed by atoms with Gasteiger partial charge in [-0.2, -0.15) is 0 Å². The molecule has 0 N–H and O–H groups in total. The van der Waals surface area contributed by atoms with Gasteiger partial charge in [0.05, 0.1) is 16.1 Å². The third-order valence-electron chi connectivity index (χ3n) is 1.84. The van der Waals surface area contributed by atoms with E-state index in [1.165, 1.54) is 0 Å². The van der Waals surface area contributed by atoms with Crippen molar-refractivity contribution >= 4 is 22.6 Å². The van der Waals surface area contributed by atoms with Crippen molar-refractivity contribution in [3.8, 4) is 0 Å². The normalized spacial score (nSPS) is 10.8. The lowest BCUT2D eigenvalue weighted by atomic mass is 10.3. The summed E-state index contributed by atoms with van der Waals surface area (Å²) in [4.78, 5) is 4.10. The van der Waals surface area contributed by atoms with Crippen LogP contribution in [-0.2, 0) is 6.54 Å². The fourth-order valence-electron chi connectivity index (χ4n) is 1.25. The molecule has 0 aliphatic heterocycles. The Morgan fingerprint density at radius 1 is 1.58 bits per heavy atom. The maximum Gasteiger partial charge on any atom is 0.177 e. The van der Waals surface area contributed by atoms with Crippen LogP contribution in [0.15, 0.2) is 18.2 Å². The number of hydrogen-bond acceptors (Lipinski definition) is 1. The molecule has 2 nitrogen and oxygen atoms in total.